The van der Waals surface area contributed by atoms with E-state index in [4.69, 9.17) is 0 Å². The Morgan fingerprint density at radius 2 is 0.576 bits per heavy atom. The molecule has 6 radical (unpaired) electrons. The van der Waals surface area contributed by atoms with Crippen molar-refractivity contribution in [1.29, 1.82) is 0 Å². The molecule has 0 spiro atoms. The second-order valence-electron chi connectivity index (χ2n) is 29.9. The zero-order valence-electron chi connectivity index (χ0n) is 76.9. The maximum atomic E-state index is 10.0. The van der Waals surface area contributed by atoms with Gasteiger partial charge in [-0.15, -0.1) is 316 Å². The fourth-order valence-electron chi connectivity index (χ4n) is 13.1. The van der Waals surface area contributed by atoms with E-state index in [2.05, 4.69) is 200 Å². The van der Waals surface area contributed by atoms with Gasteiger partial charge in [-0.2, -0.15) is 0 Å². The van der Waals surface area contributed by atoms with Crippen LogP contribution in [0, 0.1) is 82.3 Å². The van der Waals surface area contributed by atoms with Crippen LogP contribution in [-0.4, -0.2) is 56.4 Å². The van der Waals surface area contributed by atoms with Crippen molar-refractivity contribution in [2.45, 2.75) is 48.0 Å². The van der Waals surface area contributed by atoms with Gasteiger partial charge in [0.1, 0.15) is 11.6 Å². The average Bonchev–Trinajstić information content (AvgIpc) is 0.792. The van der Waals surface area contributed by atoms with Gasteiger partial charge in [0.25, 0.3) is 0 Å². The Kier molecular flexibility index (Phi) is 53.3. The molecule has 12 aromatic carbocycles. The molecule has 0 saturated heterocycles. The van der Waals surface area contributed by atoms with Crippen LogP contribution in [0.25, 0.3) is 134 Å². The van der Waals surface area contributed by atoms with E-state index < -0.39 is 0 Å². The predicted octanol–water partition coefficient (Wildman–Crippen LogP) is 28.7. The largest absolute Gasteiger partial charge is 0.305 e. The zero-order valence-corrected chi connectivity index (χ0v) is 91.3. The Bertz CT molecular complexity index is 6510. The number of hydrogen-bond acceptors (Lipinski definition) is 11. The first kappa shape index (κ1) is 114. The normalized spacial score (nSPS) is 9.54. The minimum atomic E-state index is -0.0625. The Balaban J connectivity index is 0.000000237. The molecule has 21 rings (SSSR count). The van der Waals surface area contributed by atoms with E-state index in [-0.39, 0.29) is 139 Å². The topological polar surface area (TPSA) is 150 Å². The van der Waals surface area contributed by atoms with Crippen molar-refractivity contribution in [1.82, 2.24) is 44.9 Å². The minimum Gasteiger partial charge on any atom is -0.305 e. The second-order valence-corrected chi connectivity index (χ2v) is 29.9. The Labute approximate surface area is 898 Å². The van der Waals surface area contributed by atoms with Gasteiger partial charge >= 0.3 is 0 Å². The first-order valence-electron chi connectivity index (χ1n) is 43.3. The minimum absolute atomic E-state index is 0. The van der Waals surface area contributed by atoms with Crippen molar-refractivity contribution < 1.29 is 130 Å². The van der Waals surface area contributed by atoms with Gasteiger partial charge in [-0.3, -0.25) is 14.6 Å². The molecule has 0 bridgehead atoms. The quantitative estimate of drug-likeness (QED) is 0.0849. The molecule has 0 aliphatic rings. The molecule has 9 aromatic heterocycles. The van der Waals surface area contributed by atoms with Crippen molar-refractivity contribution in [3.05, 3.63) is 539 Å². The smallest absolute Gasteiger partial charge is 0.137 e. The van der Waals surface area contributed by atoms with Crippen molar-refractivity contribution in [2.24, 2.45) is 0 Å². The number of fused-ring (bicyclic) bond motifs is 2. The summed E-state index contributed by atoms with van der Waals surface area (Å²) in [4.78, 5) is 58.9. The number of aryl methyl sites for hydroxylation is 4. The number of benzene rings is 12. The number of ketones is 2. The van der Waals surface area contributed by atoms with Crippen LogP contribution in [0.4, 0.5) is 0 Å². The van der Waals surface area contributed by atoms with Crippen LogP contribution in [0.5, 0.6) is 0 Å². The Hall–Kier alpha value is -13.3. The van der Waals surface area contributed by atoms with Gasteiger partial charge < -0.3 is 39.9 Å². The summed E-state index contributed by atoms with van der Waals surface area (Å²) in [5, 5.41) is 3.60. The van der Waals surface area contributed by atoms with E-state index in [1.54, 1.807) is 37.2 Å². The average molecular weight is 2870 g/mol. The molecule has 21 aromatic rings. The van der Waals surface area contributed by atoms with Crippen molar-refractivity contribution in [2.75, 3.05) is 0 Å². The van der Waals surface area contributed by atoms with Crippen LogP contribution in [0.2, 0.25) is 0 Å². The summed E-state index contributed by atoms with van der Waals surface area (Å²) in [5.74, 6) is -0.125. The summed E-state index contributed by atoms with van der Waals surface area (Å²) in [6, 6.07) is 164. The molecular weight excluding hydrogens is 2780 g/mol. The third-order valence-electron chi connectivity index (χ3n) is 19.6. The van der Waals surface area contributed by atoms with Crippen molar-refractivity contribution in [3.8, 4) is 112 Å². The van der Waals surface area contributed by atoms with E-state index in [1.165, 1.54) is 63.4 Å². The number of para-hydroxylation sites is 1. The second kappa shape index (κ2) is 64.8. The summed E-state index contributed by atoms with van der Waals surface area (Å²) in [6.45, 7) is 11.1. The molecule has 0 saturated carbocycles. The molecule has 0 amide bonds. The molecule has 9 heterocycles. The number of rotatable bonds is 12. The monoisotopic (exact) mass is 2880 g/mol. The standard InChI is InChI=1S/C17H12N.C16H12N.C15H10N.3C12H10N.3C11H8N.C5H8O2.6Ir/c1-2-6-14(7-3-1)15-9-11-16(12-10-15)17-8-4-5-13-18-17;1-12-11-16(13-7-3-2-4-8-13)17-15-10-6-5-9-14(12)15;1-2-7-13(8-3-1)15-14-9-5-4-6-12(14)10-11-16-15;1-10-5-4-6-11(9-10)12-7-2-3-8-13-12;1-10-5-7-11(8-6-10)12-4-2-3-9-13-12;1-10-7-8-13-12(9-10)11-5-3-2-4-6-11;3*1-2-6-10(7-3-1)11-8-4-5-9-12-11;1-4(6)3-5(2)7;;;;;;/h1-11,13H;2-7,9-11H,1H3;1-7,9-11H;2-5,7-9H,1H3;2-7,9H,1H3;2-5,7-9H,1H3;3*1-6,8-9H;3H2,1-2H3;;;;;;/q9*-1;;;;;;;. The number of hydrogen-bond donors (Lipinski definition) is 0. The number of aromatic nitrogens is 9. The molecule has 704 valence electrons. The number of carbonyl (C=O) groups excluding carboxylic acids is 2. The number of carbonyl (C=O) groups is 2. The van der Waals surface area contributed by atoms with Gasteiger partial charge in [0.05, 0.1) is 11.9 Å². The fourth-order valence-corrected chi connectivity index (χ4v) is 13.1. The summed E-state index contributed by atoms with van der Waals surface area (Å²) < 4.78 is 0. The van der Waals surface area contributed by atoms with Gasteiger partial charge in [0.15, 0.2) is 0 Å². The SMILES string of the molecule is CC(=O)CC(C)=O.Cc1c[c-]c(-c2ccccn2)cc1.Cc1cc(-c2[c-]cccc2)nc2ccccc12.Cc1cc[c-]c(-c2ccccn2)c1.Cc1ccnc(-c2[c-]cccc2)c1.[Ir].[Ir].[Ir].[Ir].[Ir].[Ir].[c-]1cc(-c2ccccc2)ccc1-c1ccccn1.[c-]1ccccc1-c1ccccn1.[c-]1ccccc1-c1ccccn1.[c-]1ccccc1-c1ccccn1.[c-]1ccccc1-c1nccc2ccccc12. The van der Waals surface area contributed by atoms with E-state index in [9.17, 15) is 9.59 Å². The Morgan fingerprint density at radius 3 is 0.957 bits per heavy atom. The predicted molar refractivity (Wildman–Crippen MR) is 542 cm³/mol. The van der Waals surface area contributed by atoms with Gasteiger partial charge in [0, 0.05) is 176 Å². The van der Waals surface area contributed by atoms with Crippen molar-refractivity contribution in [3.63, 3.8) is 0 Å². The van der Waals surface area contributed by atoms with Crippen LogP contribution in [0.15, 0.2) is 462 Å². The first-order valence-corrected chi connectivity index (χ1v) is 43.3. The summed E-state index contributed by atoms with van der Waals surface area (Å²) >= 11 is 0. The van der Waals surface area contributed by atoms with Crippen LogP contribution in [-0.2, 0) is 130 Å². The van der Waals surface area contributed by atoms with Gasteiger partial charge in [0.2, 0.25) is 0 Å². The first-order chi connectivity index (χ1) is 65.3. The van der Waals surface area contributed by atoms with Crippen LogP contribution >= 0.6 is 0 Å². The van der Waals surface area contributed by atoms with Crippen LogP contribution in [0.1, 0.15) is 42.5 Å². The van der Waals surface area contributed by atoms with Gasteiger partial charge in [-0.05, 0) is 150 Å². The molecule has 139 heavy (non-hydrogen) atoms. The molecule has 0 aliphatic carbocycles. The molecule has 17 heteroatoms. The maximum absolute atomic E-state index is 10.0. The molecular formula is C122H96Ir6N9O2-9. The summed E-state index contributed by atoms with van der Waals surface area (Å²) in [7, 11) is 0. The molecule has 0 unspecified atom stereocenters. The fraction of sp³-hybridized carbons (Fsp3) is 0.0574. The van der Waals surface area contributed by atoms with E-state index >= 15 is 0 Å². The van der Waals surface area contributed by atoms with Crippen LogP contribution < -0.4 is 0 Å². The molecule has 0 N–H and O–H groups in total. The summed E-state index contributed by atoms with van der Waals surface area (Å²) in [5.41, 5.74) is 26.5. The zero-order chi connectivity index (χ0) is 92.5. The molecule has 0 fully saturated rings. The number of Topliss-reactive ketones (excluding diaryl/α,β-unsaturated/α-hetero) is 2. The maximum Gasteiger partial charge on any atom is 0.137 e. The van der Waals surface area contributed by atoms with E-state index in [1.807, 2.05) is 352 Å². The van der Waals surface area contributed by atoms with Gasteiger partial charge in [-0.1, -0.05) is 188 Å². The van der Waals surface area contributed by atoms with Gasteiger partial charge in [-0.25, -0.2) is 0 Å². The summed E-state index contributed by atoms with van der Waals surface area (Å²) in [6.07, 6.45) is 14.5. The van der Waals surface area contributed by atoms with Crippen LogP contribution in [0.3, 0.4) is 0 Å². The number of pyridine rings is 9. The van der Waals surface area contributed by atoms with Crippen molar-refractivity contribution >= 4 is 33.2 Å². The third kappa shape index (κ3) is 39.3. The molecule has 0 aliphatic heterocycles. The van der Waals surface area contributed by atoms with E-state index in [0.717, 1.165) is 107 Å². The number of nitrogens with zero attached hydrogens (tertiary/aromatic N) is 9. The Morgan fingerprint density at radius 1 is 0.230 bits per heavy atom. The molecule has 0 atom stereocenters. The third-order valence-corrected chi connectivity index (χ3v) is 19.6. The molecule has 11 nitrogen and oxygen atoms in total. The van der Waals surface area contributed by atoms with E-state index in [0.29, 0.717) is 0 Å².